The maximum atomic E-state index is 10.4. The van der Waals surface area contributed by atoms with Crippen molar-refractivity contribution in [3.05, 3.63) is 21.9 Å². The highest BCUT2D eigenvalue weighted by Crippen LogP contribution is 2.15. The van der Waals surface area contributed by atoms with E-state index in [2.05, 4.69) is 26.9 Å². The van der Waals surface area contributed by atoms with Crippen LogP contribution in [0.4, 0.5) is 4.79 Å². The topological polar surface area (TPSA) is 80.0 Å². The molecule has 0 aliphatic carbocycles. The van der Waals surface area contributed by atoms with Crippen molar-refractivity contribution in [3.63, 3.8) is 0 Å². The van der Waals surface area contributed by atoms with Crippen LogP contribution in [-0.2, 0) is 11.3 Å². The molecule has 0 atom stereocenters. The largest absolute Gasteiger partial charge is 0.379 e. The molecule has 2 heterocycles. The highest BCUT2D eigenvalue weighted by atomic mass is 32.1. The van der Waals surface area contributed by atoms with Crippen LogP contribution in [0, 0.1) is 0 Å². The van der Waals surface area contributed by atoms with Gasteiger partial charge in [0.05, 0.1) is 19.4 Å². The van der Waals surface area contributed by atoms with Crippen LogP contribution in [0.1, 0.15) is 10.4 Å². The third-order valence-corrected chi connectivity index (χ3v) is 3.47. The molecule has 98 valence electrons. The van der Waals surface area contributed by atoms with E-state index in [4.69, 9.17) is 10.5 Å². The van der Waals surface area contributed by atoms with Crippen molar-refractivity contribution in [2.45, 2.75) is 6.54 Å². The van der Waals surface area contributed by atoms with E-state index in [1.165, 1.54) is 5.56 Å². The van der Waals surface area contributed by atoms with E-state index < -0.39 is 6.03 Å². The minimum Gasteiger partial charge on any atom is -0.379 e. The zero-order chi connectivity index (χ0) is 12.8. The van der Waals surface area contributed by atoms with Gasteiger partial charge in [-0.2, -0.15) is 5.10 Å². The van der Waals surface area contributed by atoms with Crippen molar-refractivity contribution >= 4 is 23.6 Å². The summed E-state index contributed by atoms with van der Waals surface area (Å²) >= 11 is 1.59. The quantitative estimate of drug-likeness (QED) is 0.619. The SMILES string of the molecule is NC(=O)NN=Cc1cc(CN2CCOCC2)cs1. The number of urea groups is 1. The highest BCUT2D eigenvalue weighted by molar-refractivity contribution is 7.11. The summed E-state index contributed by atoms with van der Waals surface area (Å²) in [5, 5.41) is 5.83. The van der Waals surface area contributed by atoms with Crippen LogP contribution in [0.25, 0.3) is 0 Å². The number of rotatable bonds is 4. The molecule has 1 aliphatic heterocycles. The Morgan fingerprint density at radius 3 is 3.11 bits per heavy atom. The molecule has 2 amide bonds. The Morgan fingerprint density at radius 1 is 1.61 bits per heavy atom. The van der Waals surface area contributed by atoms with E-state index in [0.717, 1.165) is 37.7 Å². The number of morpholine rings is 1. The average molecular weight is 268 g/mol. The zero-order valence-corrected chi connectivity index (χ0v) is 10.8. The molecular formula is C11H16N4O2S. The number of ether oxygens (including phenoxy) is 1. The molecule has 0 spiro atoms. The van der Waals surface area contributed by atoms with Crippen molar-refractivity contribution in [1.82, 2.24) is 10.3 Å². The second-order valence-corrected chi connectivity index (χ2v) is 4.92. The monoisotopic (exact) mass is 268 g/mol. The van der Waals surface area contributed by atoms with Crippen molar-refractivity contribution in [2.24, 2.45) is 10.8 Å². The Balaban J connectivity index is 1.85. The number of hydrogen-bond donors (Lipinski definition) is 2. The van der Waals surface area contributed by atoms with Gasteiger partial charge in [-0.25, -0.2) is 10.2 Å². The molecule has 18 heavy (non-hydrogen) atoms. The van der Waals surface area contributed by atoms with Gasteiger partial charge >= 0.3 is 6.03 Å². The number of nitrogens with one attached hydrogen (secondary N) is 1. The molecule has 1 aliphatic rings. The van der Waals surface area contributed by atoms with Gasteiger partial charge in [-0.05, 0) is 17.0 Å². The van der Waals surface area contributed by atoms with E-state index in [9.17, 15) is 4.79 Å². The summed E-state index contributed by atoms with van der Waals surface area (Å²) in [6.07, 6.45) is 1.60. The number of thiophene rings is 1. The van der Waals surface area contributed by atoms with E-state index >= 15 is 0 Å². The van der Waals surface area contributed by atoms with Crippen LogP contribution in [0.15, 0.2) is 16.5 Å². The lowest BCUT2D eigenvalue weighted by Crippen LogP contribution is -2.35. The number of carbonyl (C=O) groups is 1. The van der Waals surface area contributed by atoms with E-state index in [-0.39, 0.29) is 0 Å². The van der Waals surface area contributed by atoms with Gasteiger partial charge in [0.2, 0.25) is 0 Å². The summed E-state index contributed by atoms with van der Waals surface area (Å²) in [5.74, 6) is 0. The normalized spacial score (nSPS) is 17.1. The van der Waals surface area contributed by atoms with Gasteiger partial charge in [0, 0.05) is 24.5 Å². The Labute approximate surface area is 109 Å². The maximum absolute atomic E-state index is 10.4. The maximum Gasteiger partial charge on any atom is 0.332 e. The molecule has 3 N–H and O–H groups in total. The number of carbonyl (C=O) groups excluding carboxylic acids is 1. The lowest BCUT2D eigenvalue weighted by molar-refractivity contribution is 0.0342. The summed E-state index contributed by atoms with van der Waals surface area (Å²) in [6, 6.07) is 1.41. The Bertz CT molecular complexity index is 426. The molecule has 0 radical (unpaired) electrons. The highest BCUT2D eigenvalue weighted by Gasteiger charge is 2.11. The van der Waals surface area contributed by atoms with Gasteiger partial charge in [0.1, 0.15) is 0 Å². The standard InChI is InChI=1S/C11H16N4O2S/c12-11(16)14-13-6-10-5-9(8-18-10)7-15-1-3-17-4-2-15/h5-6,8H,1-4,7H2,(H3,12,14,16). The number of primary amides is 1. The minimum atomic E-state index is -0.656. The number of amides is 2. The van der Waals surface area contributed by atoms with Gasteiger partial charge < -0.3 is 10.5 Å². The van der Waals surface area contributed by atoms with Crippen LogP contribution in [0.5, 0.6) is 0 Å². The molecule has 7 heteroatoms. The van der Waals surface area contributed by atoms with Gasteiger partial charge in [-0.3, -0.25) is 4.90 Å². The number of nitrogens with zero attached hydrogens (tertiary/aromatic N) is 2. The molecule has 1 aromatic rings. The summed E-state index contributed by atoms with van der Waals surface area (Å²) < 4.78 is 5.31. The third-order valence-electron chi connectivity index (χ3n) is 2.55. The van der Waals surface area contributed by atoms with Gasteiger partial charge in [0.25, 0.3) is 0 Å². The first-order valence-corrected chi connectivity index (χ1v) is 6.58. The summed E-state index contributed by atoms with van der Waals surface area (Å²) in [7, 11) is 0. The molecule has 1 fully saturated rings. The number of hydrogen-bond acceptors (Lipinski definition) is 5. The fourth-order valence-electron chi connectivity index (χ4n) is 1.72. The summed E-state index contributed by atoms with van der Waals surface area (Å²) in [5.41, 5.74) is 8.33. The molecule has 6 nitrogen and oxygen atoms in total. The second-order valence-electron chi connectivity index (χ2n) is 3.98. The van der Waals surface area contributed by atoms with Crippen LogP contribution in [0.2, 0.25) is 0 Å². The first-order valence-electron chi connectivity index (χ1n) is 5.70. The second kappa shape index (κ2) is 6.48. The van der Waals surface area contributed by atoms with Crippen LogP contribution in [0.3, 0.4) is 0 Å². The van der Waals surface area contributed by atoms with Crippen molar-refractivity contribution in [3.8, 4) is 0 Å². The molecule has 0 unspecified atom stereocenters. The molecule has 0 bridgehead atoms. The fourth-order valence-corrected chi connectivity index (χ4v) is 2.49. The molecule has 1 aromatic heterocycles. The third kappa shape index (κ3) is 4.10. The van der Waals surface area contributed by atoms with Crippen LogP contribution < -0.4 is 11.2 Å². The Hall–Kier alpha value is -1.44. The minimum absolute atomic E-state index is 0.656. The molecule has 1 saturated heterocycles. The summed E-state index contributed by atoms with van der Waals surface area (Å²) in [6.45, 7) is 4.49. The number of nitrogens with two attached hydrogens (primary N) is 1. The fraction of sp³-hybridized carbons (Fsp3) is 0.455. The lowest BCUT2D eigenvalue weighted by Gasteiger charge is -2.26. The zero-order valence-electron chi connectivity index (χ0n) is 9.96. The molecule has 0 aromatic carbocycles. The lowest BCUT2D eigenvalue weighted by atomic mass is 10.3. The number of hydrazone groups is 1. The predicted octanol–water partition coefficient (Wildman–Crippen LogP) is 0.582. The van der Waals surface area contributed by atoms with Crippen LogP contribution >= 0.6 is 11.3 Å². The first-order chi connectivity index (χ1) is 8.74. The Kier molecular flexibility index (Phi) is 4.68. The van der Waals surface area contributed by atoms with Crippen LogP contribution in [-0.4, -0.2) is 43.4 Å². The van der Waals surface area contributed by atoms with Gasteiger partial charge in [-0.1, -0.05) is 0 Å². The molecule has 2 rings (SSSR count). The first kappa shape index (κ1) is 13.0. The molecule has 0 saturated carbocycles. The Morgan fingerprint density at radius 2 is 2.39 bits per heavy atom. The van der Waals surface area contributed by atoms with Gasteiger partial charge in [0.15, 0.2) is 0 Å². The summed E-state index contributed by atoms with van der Waals surface area (Å²) in [4.78, 5) is 13.8. The van der Waals surface area contributed by atoms with E-state index in [0.29, 0.717) is 0 Å². The smallest absolute Gasteiger partial charge is 0.332 e. The molecular weight excluding hydrogens is 252 g/mol. The van der Waals surface area contributed by atoms with E-state index in [1.54, 1.807) is 17.6 Å². The van der Waals surface area contributed by atoms with Crippen molar-refractivity contribution in [2.75, 3.05) is 26.3 Å². The van der Waals surface area contributed by atoms with Crippen molar-refractivity contribution < 1.29 is 9.53 Å². The van der Waals surface area contributed by atoms with Crippen molar-refractivity contribution in [1.29, 1.82) is 0 Å². The van der Waals surface area contributed by atoms with Gasteiger partial charge in [-0.15, -0.1) is 11.3 Å². The predicted molar refractivity (Wildman–Crippen MR) is 70.7 cm³/mol. The average Bonchev–Trinajstić information content (AvgIpc) is 2.78. The van der Waals surface area contributed by atoms with E-state index in [1.807, 2.05) is 0 Å².